The molecule has 3 aromatic rings. The molecular formula is C18H17NO3. The van der Waals surface area contributed by atoms with Crippen molar-refractivity contribution in [3.8, 4) is 0 Å². The van der Waals surface area contributed by atoms with Crippen LogP contribution in [0.25, 0.3) is 0 Å². The predicted octanol–water partition coefficient (Wildman–Crippen LogP) is 4.02. The third-order valence-electron chi connectivity index (χ3n) is 3.49. The highest BCUT2D eigenvalue weighted by Crippen LogP contribution is 2.17. The monoisotopic (exact) mass is 295 g/mol. The maximum absolute atomic E-state index is 12.7. The number of carbonyl (C=O) groups is 1. The van der Waals surface area contributed by atoms with Crippen LogP contribution in [0.2, 0.25) is 0 Å². The lowest BCUT2D eigenvalue weighted by Crippen LogP contribution is -2.30. The van der Waals surface area contributed by atoms with Crippen LogP contribution in [0.15, 0.2) is 69.9 Å². The molecule has 2 aromatic heterocycles. The zero-order chi connectivity index (χ0) is 15.4. The van der Waals surface area contributed by atoms with Gasteiger partial charge in [0.2, 0.25) is 0 Å². The zero-order valence-corrected chi connectivity index (χ0v) is 12.4. The molecule has 4 nitrogen and oxygen atoms in total. The molecule has 112 valence electrons. The lowest BCUT2D eigenvalue weighted by molar-refractivity contribution is 0.0684. The van der Waals surface area contributed by atoms with E-state index in [4.69, 9.17) is 8.83 Å². The molecule has 2 heterocycles. The second kappa shape index (κ2) is 6.35. The van der Waals surface area contributed by atoms with E-state index in [9.17, 15) is 4.79 Å². The van der Waals surface area contributed by atoms with Gasteiger partial charge in [0.1, 0.15) is 5.76 Å². The Balaban J connectivity index is 1.85. The van der Waals surface area contributed by atoms with Gasteiger partial charge in [0.25, 0.3) is 5.91 Å². The first-order chi connectivity index (χ1) is 10.7. The fourth-order valence-corrected chi connectivity index (χ4v) is 2.33. The van der Waals surface area contributed by atoms with Gasteiger partial charge in [0.05, 0.1) is 19.1 Å². The number of nitrogens with zero attached hydrogens (tertiary/aromatic N) is 1. The average Bonchev–Trinajstić information content (AvgIpc) is 3.18. The van der Waals surface area contributed by atoms with Crippen molar-refractivity contribution in [1.29, 1.82) is 0 Å². The number of hydrogen-bond donors (Lipinski definition) is 0. The molecule has 3 rings (SSSR count). The summed E-state index contributed by atoms with van der Waals surface area (Å²) < 4.78 is 10.7. The van der Waals surface area contributed by atoms with Crippen molar-refractivity contribution in [2.45, 2.75) is 20.0 Å². The van der Waals surface area contributed by atoms with Gasteiger partial charge in [-0.05, 0) is 30.7 Å². The number of benzene rings is 1. The van der Waals surface area contributed by atoms with E-state index in [2.05, 4.69) is 0 Å². The number of aryl methyl sites for hydroxylation is 1. The Hall–Kier alpha value is -2.75. The summed E-state index contributed by atoms with van der Waals surface area (Å²) in [5.41, 5.74) is 1.90. The quantitative estimate of drug-likeness (QED) is 0.714. The number of rotatable bonds is 5. The van der Waals surface area contributed by atoms with Crippen molar-refractivity contribution >= 4 is 5.91 Å². The lowest BCUT2D eigenvalue weighted by Gasteiger charge is -2.21. The molecule has 0 spiro atoms. The molecule has 0 N–H and O–H groups in total. The van der Waals surface area contributed by atoms with Gasteiger partial charge in [-0.15, -0.1) is 0 Å². The van der Waals surface area contributed by atoms with Crippen LogP contribution >= 0.6 is 0 Å². The Morgan fingerprint density at radius 3 is 2.41 bits per heavy atom. The van der Waals surface area contributed by atoms with E-state index >= 15 is 0 Å². The van der Waals surface area contributed by atoms with Crippen LogP contribution in [0.5, 0.6) is 0 Å². The highest BCUT2D eigenvalue weighted by Gasteiger charge is 2.22. The summed E-state index contributed by atoms with van der Waals surface area (Å²) in [5.74, 6) is 0.985. The van der Waals surface area contributed by atoms with E-state index in [1.165, 1.54) is 6.26 Å². The van der Waals surface area contributed by atoms with Crippen molar-refractivity contribution in [1.82, 2.24) is 4.90 Å². The summed E-state index contributed by atoms with van der Waals surface area (Å²) >= 11 is 0. The van der Waals surface area contributed by atoms with Crippen LogP contribution in [0.1, 0.15) is 27.4 Å². The third kappa shape index (κ3) is 3.11. The van der Waals surface area contributed by atoms with Crippen LogP contribution in [0, 0.1) is 6.92 Å². The minimum atomic E-state index is -0.136. The zero-order valence-electron chi connectivity index (χ0n) is 12.4. The van der Waals surface area contributed by atoms with Gasteiger partial charge in [-0.3, -0.25) is 4.79 Å². The van der Waals surface area contributed by atoms with Gasteiger partial charge in [0, 0.05) is 12.1 Å². The van der Waals surface area contributed by atoms with E-state index in [0.717, 1.165) is 16.9 Å². The van der Waals surface area contributed by atoms with Crippen molar-refractivity contribution in [3.63, 3.8) is 0 Å². The number of carbonyl (C=O) groups excluding carboxylic acids is 1. The van der Waals surface area contributed by atoms with Crippen LogP contribution in [0.3, 0.4) is 0 Å². The topological polar surface area (TPSA) is 46.6 Å². The SMILES string of the molecule is Cc1ccoc1C(=O)N(Cc1ccccc1)Cc1ccco1. The molecule has 0 radical (unpaired) electrons. The smallest absolute Gasteiger partial charge is 0.290 e. The molecule has 0 saturated carbocycles. The summed E-state index contributed by atoms with van der Waals surface area (Å²) in [7, 11) is 0. The van der Waals surface area contributed by atoms with Crippen LogP contribution in [-0.4, -0.2) is 10.8 Å². The Morgan fingerprint density at radius 1 is 0.955 bits per heavy atom. The molecule has 0 saturated heterocycles. The first-order valence-electron chi connectivity index (χ1n) is 7.13. The molecule has 0 atom stereocenters. The summed E-state index contributed by atoms with van der Waals surface area (Å²) in [6.45, 7) is 2.77. The normalized spacial score (nSPS) is 10.6. The predicted molar refractivity (Wildman–Crippen MR) is 82.2 cm³/mol. The van der Waals surface area contributed by atoms with E-state index in [0.29, 0.717) is 18.8 Å². The summed E-state index contributed by atoms with van der Waals surface area (Å²) in [4.78, 5) is 14.5. The molecule has 0 bridgehead atoms. The van der Waals surface area contributed by atoms with Crippen molar-refractivity contribution in [3.05, 3.63) is 83.7 Å². The maximum atomic E-state index is 12.7. The lowest BCUT2D eigenvalue weighted by atomic mass is 10.2. The van der Waals surface area contributed by atoms with E-state index < -0.39 is 0 Å². The fraction of sp³-hybridized carbons (Fsp3) is 0.167. The second-order valence-corrected chi connectivity index (χ2v) is 5.16. The molecule has 0 aliphatic heterocycles. The molecule has 0 aliphatic carbocycles. The van der Waals surface area contributed by atoms with Crippen molar-refractivity contribution < 1.29 is 13.6 Å². The number of amides is 1. The van der Waals surface area contributed by atoms with Crippen LogP contribution in [0.4, 0.5) is 0 Å². The molecule has 1 amide bonds. The van der Waals surface area contributed by atoms with Gasteiger partial charge in [-0.25, -0.2) is 0 Å². The molecule has 4 heteroatoms. The largest absolute Gasteiger partial charge is 0.467 e. The number of furan rings is 2. The highest BCUT2D eigenvalue weighted by molar-refractivity contribution is 5.92. The molecular weight excluding hydrogens is 278 g/mol. The van der Waals surface area contributed by atoms with E-state index in [1.807, 2.05) is 49.4 Å². The summed E-state index contributed by atoms with van der Waals surface area (Å²) in [6, 6.07) is 15.3. The molecule has 0 unspecified atom stereocenters. The Labute approximate surface area is 129 Å². The first-order valence-corrected chi connectivity index (χ1v) is 7.13. The molecule has 0 aliphatic rings. The van der Waals surface area contributed by atoms with Crippen LogP contribution in [-0.2, 0) is 13.1 Å². The van der Waals surface area contributed by atoms with E-state index in [1.54, 1.807) is 17.2 Å². The number of hydrogen-bond acceptors (Lipinski definition) is 3. The molecule has 22 heavy (non-hydrogen) atoms. The highest BCUT2D eigenvalue weighted by atomic mass is 16.3. The van der Waals surface area contributed by atoms with Gasteiger partial charge in [-0.2, -0.15) is 0 Å². The first kappa shape index (κ1) is 14.2. The van der Waals surface area contributed by atoms with Crippen LogP contribution < -0.4 is 0 Å². The van der Waals surface area contributed by atoms with Gasteiger partial charge in [-0.1, -0.05) is 30.3 Å². The summed E-state index contributed by atoms with van der Waals surface area (Å²) in [6.07, 6.45) is 3.15. The third-order valence-corrected chi connectivity index (χ3v) is 3.49. The van der Waals surface area contributed by atoms with Gasteiger partial charge < -0.3 is 13.7 Å². The maximum Gasteiger partial charge on any atom is 0.290 e. The standard InChI is InChI=1S/C18H17NO3/c1-14-9-11-22-17(14)18(20)19(13-16-8-5-10-21-16)12-15-6-3-2-4-7-15/h2-11H,12-13H2,1H3. The van der Waals surface area contributed by atoms with E-state index in [-0.39, 0.29) is 5.91 Å². The molecule has 1 aromatic carbocycles. The Kier molecular flexibility index (Phi) is 4.10. The van der Waals surface area contributed by atoms with Gasteiger partial charge in [0.15, 0.2) is 5.76 Å². The fourth-order valence-electron chi connectivity index (χ4n) is 2.33. The van der Waals surface area contributed by atoms with Crippen molar-refractivity contribution in [2.24, 2.45) is 0 Å². The van der Waals surface area contributed by atoms with Gasteiger partial charge >= 0.3 is 0 Å². The van der Waals surface area contributed by atoms with Crippen molar-refractivity contribution in [2.75, 3.05) is 0 Å². The average molecular weight is 295 g/mol. The minimum Gasteiger partial charge on any atom is -0.467 e. The summed E-state index contributed by atoms with van der Waals surface area (Å²) in [5, 5.41) is 0. The molecule has 0 fully saturated rings. The Bertz CT molecular complexity index is 729. The second-order valence-electron chi connectivity index (χ2n) is 5.16. The Morgan fingerprint density at radius 2 is 1.77 bits per heavy atom. The minimum absolute atomic E-state index is 0.136.